The number of nitrogens with zero attached hydrogens (tertiary/aromatic N) is 2. The van der Waals surface area contributed by atoms with E-state index in [2.05, 4.69) is 10.4 Å². The summed E-state index contributed by atoms with van der Waals surface area (Å²) in [7, 11) is 0. The van der Waals surface area contributed by atoms with Crippen molar-refractivity contribution >= 4 is 29.2 Å². The summed E-state index contributed by atoms with van der Waals surface area (Å²) in [6.07, 6.45) is -3.52. The monoisotopic (exact) mass is 436 g/mol. The quantitative estimate of drug-likeness (QED) is 0.652. The fourth-order valence-electron chi connectivity index (χ4n) is 2.46. The van der Waals surface area contributed by atoms with Gasteiger partial charge in [-0.3, -0.25) is 14.9 Å². The molecule has 0 bridgehead atoms. The lowest BCUT2D eigenvalue weighted by Crippen LogP contribution is -2.35. The topological polar surface area (TPSA) is 93.1 Å². The molecule has 7 nitrogen and oxygen atoms in total. The predicted octanol–water partition coefficient (Wildman–Crippen LogP) is 3.87. The number of hydrogen-bond donors (Lipinski definition) is 2. The Morgan fingerprint density at radius 2 is 1.77 bits per heavy atom. The minimum absolute atomic E-state index is 0.0623. The number of hydrogen-bond acceptors (Lipinski definition) is 4. The Balaban J connectivity index is 1.74. The summed E-state index contributed by atoms with van der Waals surface area (Å²) >= 11 is 5.88. The van der Waals surface area contributed by atoms with Gasteiger partial charge in [-0.15, -0.1) is 0 Å². The van der Waals surface area contributed by atoms with Crippen LogP contribution in [0.2, 0.25) is 5.02 Å². The van der Waals surface area contributed by atoms with Crippen LogP contribution in [0.25, 0.3) is 5.69 Å². The average molecular weight is 437 g/mol. The van der Waals surface area contributed by atoms with E-state index in [0.29, 0.717) is 0 Å². The molecule has 0 unspecified atom stereocenters. The smallest absolute Gasteiger partial charge is 0.306 e. The average Bonchev–Trinajstić information content (AvgIpc) is 2.67. The van der Waals surface area contributed by atoms with Crippen LogP contribution in [0.3, 0.4) is 0 Å². The van der Waals surface area contributed by atoms with Crippen molar-refractivity contribution in [3.63, 3.8) is 0 Å². The van der Waals surface area contributed by atoms with E-state index in [1.807, 2.05) is 5.32 Å². The number of aromatic nitrogens is 2. The lowest BCUT2D eigenvalue weighted by Gasteiger charge is -2.11. The molecule has 3 amide bonds. The van der Waals surface area contributed by atoms with E-state index in [4.69, 9.17) is 11.6 Å². The molecular weight excluding hydrogens is 425 g/mol. The third-order valence-electron chi connectivity index (χ3n) is 3.82. The number of carbonyl (C=O) groups is 2. The maximum absolute atomic E-state index is 12.8. The van der Waals surface area contributed by atoms with Gasteiger partial charge in [-0.1, -0.05) is 29.8 Å². The second kappa shape index (κ2) is 8.37. The number of carbonyl (C=O) groups excluding carboxylic acids is 2. The number of amides is 3. The molecule has 30 heavy (non-hydrogen) atoms. The van der Waals surface area contributed by atoms with E-state index in [1.54, 1.807) is 12.1 Å². The van der Waals surface area contributed by atoms with Crippen LogP contribution in [0.15, 0.2) is 65.6 Å². The second-order valence-electron chi connectivity index (χ2n) is 5.93. The molecule has 0 aliphatic heterocycles. The van der Waals surface area contributed by atoms with Gasteiger partial charge in [-0.25, -0.2) is 4.79 Å². The number of rotatable bonds is 3. The van der Waals surface area contributed by atoms with Gasteiger partial charge in [0.25, 0.3) is 11.5 Å². The van der Waals surface area contributed by atoms with Crippen LogP contribution in [-0.2, 0) is 6.18 Å². The van der Waals surface area contributed by atoms with E-state index >= 15 is 0 Å². The summed E-state index contributed by atoms with van der Waals surface area (Å²) in [5, 5.41) is 8.20. The summed E-state index contributed by atoms with van der Waals surface area (Å²) in [5.41, 5.74) is -1.81. The molecule has 0 fully saturated rings. The van der Waals surface area contributed by atoms with Crippen molar-refractivity contribution < 1.29 is 22.8 Å². The number of urea groups is 1. The van der Waals surface area contributed by atoms with Crippen LogP contribution < -0.4 is 16.2 Å². The van der Waals surface area contributed by atoms with Crippen molar-refractivity contribution in [2.45, 2.75) is 6.18 Å². The first kappa shape index (κ1) is 21.1. The van der Waals surface area contributed by atoms with Crippen LogP contribution in [0.4, 0.5) is 23.7 Å². The Morgan fingerprint density at radius 1 is 1.03 bits per heavy atom. The van der Waals surface area contributed by atoms with Crippen LogP contribution in [0.1, 0.15) is 15.9 Å². The summed E-state index contributed by atoms with van der Waals surface area (Å²) in [6, 6.07) is 10.2. The van der Waals surface area contributed by atoms with Crippen molar-refractivity contribution in [3.8, 4) is 5.69 Å². The minimum atomic E-state index is -4.58. The first-order valence-corrected chi connectivity index (χ1v) is 8.67. The molecule has 0 aliphatic carbocycles. The minimum Gasteiger partial charge on any atom is -0.306 e. The van der Waals surface area contributed by atoms with Crippen molar-refractivity contribution in [3.05, 3.63) is 87.3 Å². The molecule has 1 heterocycles. The summed E-state index contributed by atoms with van der Waals surface area (Å²) < 4.78 is 39.3. The molecule has 0 saturated heterocycles. The first-order chi connectivity index (χ1) is 14.1. The third-order valence-corrected chi connectivity index (χ3v) is 4.15. The molecule has 3 aromatic rings. The van der Waals surface area contributed by atoms with Crippen molar-refractivity contribution in [2.24, 2.45) is 0 Å². The number of anilines is 1. The lowest BCUT2D eigenvalue weighted by atomic mass is 10.2. The maximum Gasteiger partial charge on any atom is 0.416 e. The third kappa shape index (κ3) is 4.84. The Bertz CT molecular complexity index is 1180. The SMILES string of the molecule is O=C(NC(=O)c1ccccc1Cl)Nc1cnn(-c2cccc(C(F)(F)F)c2)c(=O)c1. The van der Waals surface area contributed by atoms with Crippen LogP contribution >= 0.6 is 11.6 Å². The molecule has 0 spiro atoms. The standard InChI is InChI=1S/C19H12ClF3N4O3/c20-15-7-2-1-6-14(15)17(29)26-18(30)25-12-9-16(28)27(24-10-12)13-5-3-4-11(8-13)19(21,22)23/h1-10H,(H2,25,26,29,30). The van der Waals surface area contributed by atoms with Crippen LogP contribution in [-0.4, -0.2) is 21.7 Å². The maximum atomic E-state index is 12.8. The zero-order chi connectivity index (χ0) is 21.9. The van der Waals surface area contributed by atoms with E-state index < -0.39 is 29.2 Å². The normalized spacial score (nSPS) is 11.1. The highest BCUT2D eigenvalue weighted by Gasteiger charge is 2.30. The molecule has 2 aromatic carbocycles. The number of nitrogens with one attached hydrogen (secondary N) is 2. The number of alkyl halides is 3. The lowest BCUT2D eigenvalue weighted by molar-refractivity contribution is -0.137. The Labute approximate surface area is 172 Å². The van der Waals surface area contributed by atoms with Gasteiger partial charge >= 0.3 is 12.2 Å². The van der Waals surface area contributed by atoms with Gasteiger partial charge < -0.3 is 5.32 Å². The largest absolute Gasteiger partial charge is 0.416 e. The van der Waals surface area contributed by atoms with Crippen LogP contribution in [0, 0.1) is 0 Å². The number of imide groups is 1. The second-order valence-corrected chi connectivity index (χ2v) is 6.34. The molecular formula is C19H12ClF3N4O3. The zero-order valence-electron chi connectivity index (χ0n) is 14.9. The Hall–Kier alpha value is -3.66. The molecule has 3 rings (SSSR count). The van der Waals surface area contributed by atoms with Crippen molar-refractivity contribution in [1.82, 2.24) is 15.1 Å². The van der Waals surface area contributed by atoms with E-state index in [0.717, 1.165) is 35.1 Å². The molecule has 2 N–H and O–H groups in total. The van der Waals surface area contributed by atoms with Gasteiger partial charge in [0, 0.05) is 6.07 Å². The van der Waals surface area contributed by atoms with Gasteiger partial charge in [0.1, 0.15) is 0 Å². The highest BCUT2D eigenvalue weighted by Crippen LogP contribution is 2.30. The first-order valence-electron chi connectivity index (χ1n) is 8.29. The summed E-state index contributed by atoms with van der Waals surface area (Å²) in [5.74, 6) is -0.761. The Morgan fingerprint density at radius 3 is 2.43 bits per heavy atom. The zero-order valence-corrected chi connectivity index (χ0v) is 15.7. The van der Waals surface area contributed by atoms with Crippen molar-refractivity contribution in [1.29, 1.82) is 0 Å². The van der Waals surface area contributed by atoms with Gasteiger partial charge in [0.2, 0.25) is 0 Å². The summed E-state index contributed by atoms with van der Waals surface area (Å²) in [4.78, 5) is 36.3. The highest BCUT2D eigenvalue weighted by atomic mass is 35.5. The molecule has 0 saturated carbocycles. The van der Waals surface area contributed by atoms with E-state index in [-0.39, 0.29) is 22.0 Å². The molecule has 0 aliphatic rings. The molecule has 0 radical (unpaired) electrons. The Kier molecular flexibility index (Phi) is 5.88. The molecule has 0 atom stereocenters. The fourth-order valence-corrected chi connectivity index (χ4v) is 2.68. The molecule has 1 aromatic heterocycles. The molecule has 11 heteroatoms. The van der Waals surface area contributed by atoms with Gasteiger partial charge in [0.05, 0.1) is 33.7 Å². The van der Waals surface area contributed by atoms with E-state index in [9.17, 15) is 27.6 Å². The van der Waals surface area contributed by atoms with E-state index in [1.165, 1.54) is 18.2 Å². The number of benzene rings is 2. The number of halogens is 4. The van der Waals surface area contributed by atoms with Gasteiger partial charge in [-0.2, -0.15) is 23.0 Å². The predicted molar refractivity (Wildman–Crippen MR) is 103 cm³/mol. The van der Waals surface area contributed by atoms with Gasteiger partial charge in [-0.05, 0) is 30.3 Å². The fraction of sp³-hybridized carbons (Fsp3) is 0.0526. The summed E-state index contributed by atoms with van der Waals surface area (Å²) in [6.45, 7) is 0. The highest BCUT2D eigenvalue weighted by molar-refractivity contribution is 6.34. The molecule has 154 valence electrons. The van der Waals surface area contributed by atoms with Crippen molar-refractivity contribution in [2.75, 3.05) is 5.32 Å². The van der Waals surface area contributed by atoms with Gasteiger partial charge in [0.15, 0.2) is 0 Å². The van der Waals surface area contributed by atoms with Crippen LogP contribution in [0.5, 0.6) is 0 Å².